The van der Waals surface area contributed by atoms with Gasteiger partial charge in [0, 0.05) is 23.0 Å². The minimum atomic E-state index is 0.507. The topological polar surface area (TPSA) is 45.9 Å². The number of hydrogen-bond donors (Lipinski definition) is 0. The molecule has 1 heterocycles. The third kappa shape index (κ3) is 3.44. The summed E-state index contributed by atoms with van der Waals surface area (Å²) in [5.41, 5.74) is 5.58. The van der Waals surface area contributed by atoms with E-state index in [-0.39, 0.29) is 0 Å². The Balaban J connectivity index is 1.97. The standard InChI is InChI=1S/C21H18N2O/c1-15-12-20(24-14-18-6-4-3-5-7-18)21(16(2)23-15)19-10-8-17(13-22)9-11-19/h3-12H,14H2,1-2H3. The normalized spacial score (nSPS) is 10.2. The molecule has 0 amide bonds. The molecule has 0 spiro atoms. The molecule has 0 unspecified atom stereocenters. The maximum atomic E-state index is 8.97. The van der Waals surface area contributed by atoms with Crippen molar-refractivity contribution in [1.29, 1.82) is 5.26 Å². The van der Waals surface area contributed by atoms with E-state index in [0.29, 0.717) is 12.2 Å². The maximum absolute atomic E-state index is 8.97. The van der Waals surface area contributed by atoms with Crippen LogP contribution in [0.2, 0.25) is 0 Å². The second-order valence-electron chi connectivity index (χ2n) is 5.69. The van der Waals surface area contributed by atoms with Crippen LogP contribution in [0, 0.1) is 25.2 Å². The second-order valence-corrected chi connectivity index (χ2v) is 5.69. The van der Waals surface area contributed by atoms with Gasteiger partial charge in [0.25, 0.3) is 0 Å². The maximum Gasteiger partial charge on any atom is 0.131 e. The summed E-state index contributed by atoms with van der Waals surface area (Å²) in [7, 11) is 0. The van der Waals surface area contributed by atoms with Crippen LogP contribution >= 0.6 is 0 Å². The van der Waals surface area contributed by atoms with Crippen molar-refractivity contribution < 1.29 is 4.74 Å². The Morgan fingerprint density at radius 1 is 1.00 bits per heavy atom. The van der Waals surface area contributed by atoms with Crippen molar-refractivity contribution in [2.45, 2.75) is 20.5 Å². The van der Waals surface area contributed by atoms with Crippen molar-refractivity contribution in [3.63, 3.8) is 0 Å². The molecule has 0 bridgehead atoms. The first kappa shape index (κ1) is 15.8. The van der Waals surface area contributed by atoms with Gasteiger partial charge in [-0.1, -0.05) is 42.5 Å². The van der Waals surface area contributed by atoms with Crippen LogP contribution in [0.3, 0.4) is 0 Å². The molecule has 3 heteroatoms. The molecule has 0 aliphatic carbocycles. The van der Waals surface area contributed by atoms with Crippen molar-refractivity contribution in [2.75, 3.05) is 0 Å². The van der Waals surface area contributed by atoms with Crippen LogP contribution < -0.4 is 4.74 Å². The summed E-state index contributed by atoms with van der Waals surface area (Å²) in [5.74, 6) is 0.813. The molecule has 0 aliphatic rings. The van der Waals surface area contributed by atoms with Crippen LogP contribution in [0.1, 0.15) is 22.5 Å². The highest BCUT2D eigenvalue weighted by atomic mass is 16.5. The van der Waals surface area contributed by atoms with Gasteiger partial charge < -0.3 is 4.74 Å². The van der Waals surface area contributed by atoms with Crippen molar-refractivity contribution in [1.82, 2.24) is 4.98 Å². The van der Waals surface area contributed by atoms with E-state index in [4.69, 9.17) is 10.00 Å². The highest BCUT2D eigenvalue weighted by molar-refractivity contribution is 5.73. The molecule has 0 saturated carbocycles. The summed E-state index contributed by atoms with van der Waals surface area (Å²) < 4.78 is 6.09. The van der Waals surface area contributed by atoms with Gasteiger partial charge in [0.1, 0.15) is 12.4 Å². The van der Waals surface area contributed by atoms with Crippen LogP contribution in [0.5, 0.6) is 5.75 Å². The molecule has 2 aromatic carbocycles. The van der Waals surface area contributed by atoms with E-state index >= 15 is 0 Å². The quantitative estimate of drug-likeness (QED) is 0.694. The molecule has 3 aromatic rings. The van der Waals surface area contributed by atoms with Crippen LogP contribution in [0.25, 0.3) is 11.1 Å². The molecule has 118 valence electrons. The Morgan fingerprint density at radius 3 is 2.38 bits per heavy atom. The van der Waals surface area contributed by atoms with E-state index in [2.05, 4.69) is 11.1 Å². The van der Waals surface area contributed by atoms with Gasteiger partial charge in [-0.3, -0.25) is 4.98 Å². The Kier molecular flexibility index (Phi) is 4.58. The number of pyridine rings is 1. The third-order valence-electron chi connectivity index (χ3n) is 3.83. The molecule has 0 atom stereocenters. The number of aromatic nitrogens is 1. The fourth-order valence-electron chi connectivity index (χ4n) is 2.70. The fourth-order valence-corrected chi connectivity index (χ4v) is 2.70. The Bertz CT molecular complexity index is 878. The molecule has 0 radical (unpaired) electrons. The van der Waals surface area contributed by atoms with Gasteiger partial charge in [0.2, 0.25) is 0 Å². The molecule has 0 N–H and O–H groups in total. The van der Waals surface area contributed by atoms with Gasteiger partial charge in [-0.2, -0.15) is 5.26 Å². The summed E-state index contributed by atoms with van der Waals surface area (Å²) in [4.78, 5) is 4.56. The number of aryl methyl sites for hydroxylation is 2. The lowest BCUT2D eigenvalue weighted by molar-refractivity contribution is 0.307. The summed E-state index contributed by atoms with van der Waals surface area (Å²) in [5, 5.41) is 8.97. The van der Waals surface area contributed by atoms with Gasteiger partial charge in [-0.05, 0) is 37.1 Å². The predicted molar refractivity (Wildman–Crippen MR) is 94.6 cm³/mol. The second kappa shape index (κ2) is 6.97. The van der Waals surface area contributed by atoms with Crippen LogP contribution in [-0.2, 0) is 6.61 Å². The van der Waals surface area contributed by atoms with Gasteiger partial charge >= 0.3 is 0 Å². The largest absolute Gasteiger partial charge is 0.488 e. The number of benzene rings is 2. The molecular formula is C21H18N2O. The summed E-state index contributed by atoms with van der Waals surface area (Å²) in [6.07, 6.45) is 0. The Labute approximate surface area is 142 Å². The van der Waals surface area contributed by atoms with Crippen molar-refractivity contribution in [3.05, 3.63) is 83.2 Å². The highest BCUT2D eigenvalue weighted by Gasteiger charge is 2.12. The molecule has 1 aromatic heterocycles. The van der Waals surface area contributed by atoms with Crippen LogP contribution in [0.4, 0.5) is 0 Å². The molecule has 0 aliphatic heterocycles. The molecule has 24 heavy (non-hydrogen) atoms. The summed E-state index contributed by atoms with van der Waals surface area (Å²) in [6.45, 7) is 4.45. The Morgan fingerprint density at radius 2 is 1.71 bits per heavy atom. The van der Waals surface area contributed by atoms with Gasteiger partial charge in [0.05, 0.1) is 11.6 Å². The van der Waals surface area contributed by atoms with Gasteiger partial charge in [-0.15, -0.1) is 0 Å². The first-order chi connectivity index (χ1) is 11.7. The number of nitrogens with zero attached hydrogens (tertiary/aromatic N) is 2. The zero-order valence-electron chi connectivity index (χ0n) is 13.8. The SMILES string of the molecule is Cc1cc(OCc2ccccc2)c(-c2ccc(C#N)cc2)c(C)n1. The van der Waals surface area contributed by atoms with Crippen LogP contribution in [0.15, 0.2) is 60.7 Å². The molecular weight excluding hydrogens is 296 g/mol. The van der Waals surface area contributed by atoms with E-state index < -0.39 is 0 Å². The Hall–Kier alpha value is -3.12. The number of rotatable bonds is 4. The van der Waals surface area contributed by atoms with Crippen LogP contribution in [-0.4, -0.2) is 4.98 Å². The monoisotopic (exact) mass is 314 g/mol. The molecule has 3 rings (SSSR count). The van der Waals surface area contributed by atoms with Gasteiger partial charge in [-0.25, -0.2) is 0 Å². The lowest BCUT2D eigenvalue weighted by Gasteiger charge is -2.15. The van der Waals surface area contributed by atoms with Gasteiger partial charge in [0.15, 0.2) is 0 Å². The zero-order valence-corrected chi connectivity index (χ0v) is 13.8. The first-order valence-corrected chi connectivity index (χ1v) is 7.83. The average Bonchev–Trinajstić information content (AvgIpc) is 2.60. The first-order valence-electron chi connectivity index (χ1n) is 7.83. The lowest BCUT2D eigenvalue weighted by atomic mass is 10.0. The number of ether oxygens (including phenoxy) is 1. The zero-order chi connectivity index (χ0) is 16.9. The number of hydrogen-bond acceptors (Lipinski definition) is 3. The number of nitriles is 1. The van der Waals surface area contributed by atoms with E-state index in [1.807, 2.05) is 74.5 Å². The summed E-state index contributed by atoms with van der Waals surface area (Å²) in [6, 6.07) is 21.7. The highest BCUT2D eigenvalue weighted by Crippen LogP contribution is 2.33. The molecule has 3 nitrogen and oxygen atoms in total. The van der Waals surface area contributed by atoms with E-state index in [1.54, 1.807) is 0 Å². The van der Waals surface area contributed by atoms with E-state index in [1.165, 1.54) is 0 Å². The van der Waals surface area contributed by atoms with Crippen molar-refractivity contribution in [3.8, 4) is 22.9 Å². The predicted octanol–water partition coefficient (Wildman–Crippen LogP) is 4.82. The van der Waals surface area contributed by atoms with E-state index in [0.717, 1.165) is 33.8 Å². The summed E-state index contributed by atoms with van der Waals surface area (Å²) >= 11 is 0. The minimum absolute atomic E-state index is 0.507. The van der Waals surface area contributed by atoms with Crippen molar-refractivity contribution >= 4 is 0 Å². The van der Waals surface area contributed by atoms with Crippen molar-refractivity contribution in [2.24, 2.45) is 0 Å². The molecule has 0 saturated heterocycles. The third-order valence-corrected chi connectivity index (χ3v) is 3.83. The lowest BCUT2D eigenvalue weighted by Crippen LogP contribution is -2.00. The van der Waals surface area contributed by atoms with E-state index in [9.17, 15) is 0 Å². The fraction of sp³-hybridized carbons (Fsp3) is 0.143. The molecule has 0 fully saturated rings. The minimum Gasteiger partial charge on any atom is -0.488 e. The average molecular weight is 314 g/mol. The smallest absolute Gasteiger partial charge is 0.131 e.